The van der Waals surface area contributed by atoms with E-state index < -0.39 is 0 Å². The maximum atomic E-state index is 12.0. The van der Waals surface area contributed by atoms with E-state index in [1.807, 2.05) is 6.20 Å². The Bertz CT molecular complexity index is 641. The van der Waals surface area contributed by atoms with Crippen LogP contribution in [0.25, 0.3) is 10.9 Å². The van der Waals surface area contributed by atoms with E-state index in [9.17, 15) is 4.79 Å². The first kappa shape index (κ1) is 14.1. The summed E-state index contributed by atoms with van der Waals surface area (Å²) in [4.78, 5) is 12.0. The van der Waals surface area contributed by atoms with Crippen LogP contribution in [0.15, 0.2) is 30.5 Å². The van der Waals surface area contributed by atoms with Gasteiger partial charge in [-0.15, -0.1) is 0 Å². The summed E-state index contributed by atoms with van der Waals surface area (Å²) in [5.41, 5.74) is 2.40. The van der Waals surface area contributed by atoms with Gasteiger partial charge in [-0.3, -0.25) is 4.79 Å². The van der Waals surface area contributed by atoms with Crippen molar-refractivity contribution >= 4 is 16.8 Å². The summed E-state index contributed by atoms with van der Waals surface area (Å²) in [7, 11) is 0. The van der Waals surface area contributed by atoms with Crippen LogP contribution in [0, 0.1) is 0 Å². The molecule has 2 aromatic rings. The zero-order chi connectivity index (χ0) is 14.8. The number of benzene rings is 1. The second-order valence-corrected chi connectivity index (χ2v) is 6.18. The van der Waals surface area contributed by atoms with E-state index in [1.165, 1.54) is 10.9 Å². The molecule has 3 rings (SSSR count). The molecular formula is C17H23N3O. The molecule has 1 aromatic heterocycles. The fraction of sp³-hybridized carbons (Fsp3) is 0.471. The monoisotopic (exact) mass is 285 g/mol. The quantitative estimate of drug-likeness (QED) is 0.856. The van der Waals surface area contributed by atoms with Crippen LogP contribution in [-0.2, 0) is 17.9 Å². The molecule has 0 spiro atoms. The van der Waals surface area contributed by atoms with Crippen LogP contribution < -0.4 is 10.6 Å². The lowest BCUT2D eigenvalue weighted by atomic mass is 10.1. The standard InChI is InChI=1S/C17H23N3O/c1-12(2)18-10-14-5-3-4-13-8-9-20(17(13)14)11-16(21)19-15-6-7-15/h3-5,8-9,12,15,18H,6-7,10-11H2,1-2H3,(H,19,21). The van der Waals surface area contributed by atoms with Gasteiger partial charge in [0.05, 0.1) is 5.52 Å². The number of nitrogens with one attached hydrogen (secondary N) is 2. The molecule has 1 saturated carbocycles. The smallest absolute Gasteiger partial charge is 0.240 e. The highest BCUT2D eigenvalue weighted by atomic mass is 16.2. The average Bonchev–Trinajstić information content (AvgIpc) is 3.16. The first-order chi connectivity index (χ1) is 10.1. The Hall–Kier alpha value is -1.81. The van der Waals surface area contributed by atoms with Gasteiger partial charge in [-0.2, -0.15) is 0 Å². The Balaban J connectivity index is 1.82. The molecule has 21 heavy (non-hydrogen) atoms. The lowest BCUT2D eigenvalue weighted by Crippen LogP contribution is -2.29. The van der Waals surface area contributed by atoms with Crippen LogP contribution in [0.1, 0.15) is 32.3 Å². The van der Waals surface area contributed by atoms with Crippen LogP contribution in [0.3, 0.4) is 0 Å². The summed E-state index contributed by atoms with van der Waals surface area (Å²) in [5, 5.41) is 7.70. The SMILES string of the molecule is CC(C)NCc1cccc2ccn(CC(=O)NC3CC3)c12. The third kappa shape index (κ3) is 3.45. The molecule has 0 saturated heterocycles. The molecule has 1 aromatic carbocycles. The molecule has 1 fully saturated rings. The highest BCUT2D eigenvalue weighted by molar-refractivity contribution is 5.86. The van der Waals surface area contributed by atoms with E-state index in [0.717, 1.165) is 24.9 Å². The summed E-state index contributed by atoms with van der Waals surface area (Å²) in [6, 6.07) is 9.26. The van der Waals surface area contributed by atoms with Crippen molar-refractivity contribution in [1.82, 2.24) is 15.2 Å². The number of para-hydroxylation sites is 1. The molecule has 1 aliphatic carbocycles. The Morgan fingerprint density at radius 2 is 2.14 bits per heavy atom. The zero-order valence-corrected chi connectivity index (χ0v) is 12.7. The molecule has 1 aliphatic rings. The van der Waals surface area contributed by atoms with Crippen molar-refractivity contribution < 1.29 is 4.79 Å². The van der Waals surface area contributed by atoms with Crippen molar-refractivity contribution in [1.29, 1.82) is 0 Å². The van der Waals surface area contributed by atoms with Crippen LogP contribution in [0.4, 0.5) is 0 Å². The summed E-state index contributed by atoms with van der Waals surface area (Å²) in [5.74, 6) is 0.113. The van der Waals surface area contributed by atoms with Crippen molar-refractivity contribution in [3.63, 3.8) is 0 Å². The van der Waals surface area contributed by atoms with Crippen LogP contribution in [-0.4, -0.2) is 22.6 Å². The number of hydrogen-bond acceptors (Lipinski definition) is 2. The topological polar surface area (TPSA) is 46.1 Å². The number of fused-ring (bicyclic) bond motifs is 1. The van der Waals surface area contributed by atoms with E-state index in [1.54, 1.807) is 0 Å². The Morgan fingerprint density at radius 1 is 1.33 bits per heavy atom. The minimum Gasteiger partial charge on any atom is -0.352 e. The summed E-state index contributed by atoms with van der Waals surface area (Å²) in [6.07, 6.45) is 4.26. The molecule has 0 aliphatic heterocycles. The van der Waals surface area contributed by atoms with Crippen molar-refractivity contribution in [2.24, 2.45) is 0 Å². The van der Waals surface area contributed by atoms with E-state index in [2.05, 4.69) is 53.3 Å². The van der Waals surface area contributed by atoms with Gasteiger partial charge in [0.25, 0.3) is 0 Å². The predicted molar refractivity (Wildman–Crippen MR) is 85.1 cm³/mol. The summed E-state index contributed by atoms with van der Waals surface area (Å²) in [6.45, 7) is 5.51. The maximum absolute atomic E-state index is 12.0. The van der Waals surface area contributed by atoms with Crippen LogP contribution >= 0.6 is 0 Å². The van der Waals surface area contributed by atoms with Gasteiger partial charge in [-0.05, 0) is 29.9 Å². The fourth-order valence-electron chi connectivity index (χ4n) is 2.58. The number of carbonyl (C=O) groups is 1. The van der Waals surface area contributed by atoms with Crippen LogP contribution in [0.2, 0.25) is 0 Å². The first-order valence-electron chi connectivity index (χ1n) is 7.73. The van der Waals surface area contributed by atoms with Gasteiger partial charge in [0.2, 0.25) is 5.91 Å². The molecule has 0 unspecified atom stereocenters. The number of rotatable bonds is 6. The summed E-state index contributed by atoms with van der Waals surface area (Å²) < 4.78 is 2.06. The van der Waals surface area contributed by atoms with Crippen molar-refractivity contribution in [3.05, 3.63) is 36.0 Å². The minimum absolute atomic E-state index is 0.113. The van der Waals surface area contributed by atoms with E-state index >= 15 is 0 Å². The average molecular weight is 285 g/mol. The maximum Gasteiger partial charge on any atom is 0.240 e. The third-order valence-electron chi connectivity index (χ3n) is 3.83. The number of amides is 1. The Morgan fingerprint density at radius 3 is 2.86 bits per heavy atom. The highest BCUT2D eigenvalue weighted by Gasteiger charge is 2.23. The van der Waals surface area contributed by atoms with Gasteiger partial charge < -0.3 is 15.2 Å². The van der Waals surface area contributed by atoms with Gasteiger partial charge in [0.15, 0.2) is 0 Å². The van der Waals surface area contributed by atoms with Crippen molar-refractivity contribution in [2.75, 3.05) is 0 Å². The van der Waals surface area contributed by atoms with Gasteiger partial charge in [0, 0.05) is 24.8 Å². The van der Waals surface area contributed by atoms with E-state index in [4.69, 9.17) is 0 Å². The fourth-order valence-corrected chi connectivity index (χ4v) is 2.58. The molecule has 1 heterocycles. The molecule has 2 N–H and O–H groups in total. The third-order valence-corrected chi connectivity index (χ3v) is 3.83. The molecule has 4 nitrogen and oxygen atoms in total. The van der Waals surface area contributed by atoms with E-state index in [0.29, 0.717) is 18.6 Å². The lowest BCUT2D eigenvalue weighted by Gasteiger charge is -2.12. The van der Waals surface area contributed by atoms with Gasteiger partial charge in [-0.25, -0.2) is 0 Å². The Kier molecular flexibility index (Phi) is 3.97. The van der Waals surface area contributed by atoms with Gasteiger partial charge >= 0.3 is 0 Å². The minimum atomic E-state index is 0.113. The molecule has 0 radical (unpaired) electrons. The molecule has 0 bridgehead atoms. The molecule has 112 valence electrons. The molecule has 0 atom stereocenters. The molecule has 4 heteroatoms. The first-order valence-corrected chi connectivity index (χ1v) is 7.73. The second-order valence-electron chi connectivity index (χ2n) is 6.18. The number of nitrogens with zero attached hydrogens (tertiary/aromatic N) is 1. The van der Waals surface area contributed by atoms with Crippen LogP contribution in [0.5, 0.6) is 0 Å². The van der Waals surface area contributed by atoms with Crippen molar-refractivity contribution in [3.8, 4) is 0 Å². The predicted octanol–water partition coefficient (Wildman–Crippen LogP) is 2.42. The lowest BCUT2D eigenvalue weighted by molar-refractivity contribution is -0.121. The number of carbonyl (C=O) groups excluding carboxylic acids is 1. The normalized spacial score (nSPS) is 14.8. The number of hydrogen-bond donors (Lipinski definition) is 2. The Labute approximate surface area is 125 Å². The summed E-state index contributed by atoms with van der Waals surface area (Å²) >= 11 is 0. The number of aromatic nitrogens is 1. The highest BCUT2D eigenvalue weighted by Crippen LogP contribution is 2.21. The van der Waals surface area contributed by atoms with Gasteiger partial charge in [-0.1, -0.05) is 32.0 Å². The largest absolute Gasteiger partial charge is 0.352 e. The second kappa shape index (κ2) is 5.90. The molecular weight excluding hydrogens is 262 g/mol. The van der Waals surface area contributed by atoms with Crippen molar-refractivity contribution in [2.45, 2.75) is 51.9 Å². The zero-order valence-electron chi connectivity index (χ0n) is 12.7. The van der Waals surface area contributed by atoms with E-state index in [-0.39, 0.29) is 5.91 Å². The van der Waals surface area contributed by atoms with Gasteiger partial charge in [0.1, 0.15) is 6.54 Å². The molecule has 1 amide bonds.